The van der Waals surface area contributed by atoms with Crippen molar-refractivity contribution in [1.29, 1.82) is 0 Å². The smallest absolute Gasteiger partial charge is 0.269 e. The van der Waals surface area contributed by atoms with Crippen LogP contribution in [-0.4, -0.2) is 32.6 Å². The molecule has 0 atom stereocenters. The van der Waals surface area contributed by atoms with Crippen molar-refractivity contribution in [2.24, 2.45) is 0 Å². The number of aromatic amines is 1. The molecule has 0 fully saturated rings. The van der Waals surface area contributed by atoms with Crippen LogP contribution >= 0.6 is 11.6 Å². The van der Waals surface area contributed by atoms with E-state index in [1.54, 1.807) is 6.07 Å². The molecule has 1 amide bonds. The molecule has 106 valence electrons. The molecule has 0 aliphatic carbocycles. The maximum atomic E-state index is 12.1. The number of aromatic nitrogens is 4. The van der Waals surface area contributed by atoms with Crippen LogP contribution in [0.3, 0.4) is 0 Å². The number of halogens is 1. The van der Waals surface area contributed by atoms with Gasteiger partial charge in [0, 0.05) is 18.4 Å². The van der Waals surface area contributed by atoms with Gasteiger partial charge in [-0.2, -0.15) is 5.10 Å². The van der Waals surface area contributed by atoms with E-state index in [1.165, 1.54) is 6.33 Å². The van der Waals surface area contributed by atoms with Crippen LogP contribution in [0.4, 0.5) is 0 Å². The summed E-state index contributed by atoms with van der Waals surface area (Å²) in [6.07, 6.45) is 2.01. The van der Waals surface area contributed by atoms with Gasteiger partial charge in [-0.25, -0.2) is 9.97 Å². The number of carbonyl (C=O) groups is 1. The number of hydrogen-bond acceptors (Lipinski definition) is 4. The second-order valence-electron chi connectivity index (χ2n) is 4.44. The van der Waals surface area contributed by atoms with E-state index in [2.05, 4.69) is 25.5 Å². The Labute approximate surface area is 125 Å². The minimum atomic E-state index is -0.262. The monoisotopic (exact) mass is 301 g/mol. The summed E-state index contributed by atoms with van der Waals surface area (Å²) in [7, 11) is 0. The number of pyridine rings is 1. The van der Waals surface area contributed by atoms with E-state index < -0.39 is 0 Å². The van der Waals surface area contributed by atoms with Crippen molar-refractivity contribution in [3.8, 4) is 0 Å². The van der Waals surface area contributed by atoms with E-state index >= 15 is 0 Å². The standard InChI is InChI=1S/C14H12ClN5O/c15-10-7-12(19-11-4-2-1-3-9(10)11)14(21)16-6-5-13-17-8-18-20-13/h1-4,7-8H,5-6H2,(H,16,21)(H,17,18,20). The van der Waals surface area contributed by atoms with Crippen LogP contribution in [0.25, 0.3) is 10.9 Å². The summed E-state index contributed by atoms with van der Waals surface area (Å²) >= 11 is 6.18. The molecule has 3 rings (SSSR count). The molecule has 0 aliphatic heterocycles. The van der Waals surface area contributed by atoms with Crippen LogP contribution < -0.4 is 5.32 Å². The Kier molecular flexibility index (Phi) is 3.79. The Bertz CT molecular complexity index is 772. The molecule has 0 spiro atoms. The highest BCUT2D eigenvalue weighted by molar-refractivity contribution is 6.35. The van der Waals surface area contributed by atoms with Gasteiger partial charge in [0.25, 0.3) is 5.91 Å². The molecule has 2 heterocycles. The SMILES string of the molecule is O=C(NCCc1ncn[nH]1)c1cc(Cl)c2ccccc2n1. The van der Waals surface area contributed by atoms with E-state index in [0.29, 0.717) is 29.2 Å². The average molecular weight is 302 g/mol. The molecule has 0 unspecified atom stereocenters. The molecule has 6 nitrogen and oxygen atoms in total. The second-order valence-corrected chi connectivity index (χ2v) is 4.85. The van der Waals surface area contributed by atoms with E-state index in [9.17, 15) is 4.79 Å². The van der Waals surface area contributed by atoms with Crippen molar-refractivity contribution in [2.75, 3.05) is 6.54 Å². The zero-order valence-electron chi connectivity index (χ0n) is 11.0. The fourth-order valence-electron chi connectivity index (χ4n) is 1.99. The van der Waals surface area contributed by atoms with Crippen LogP contribution in [0.15, 0.2) is 36.7 Å². The van der Waals surface area contributed by atoms with E-state index in [1.807, 2.05) is 24.3 Å². The number of fused-ring (bicyclic) bond motifs is 1. The minimum absolute atomic E-state index is 0.262. The van der Waals surface area contributed by atoms with Gasteiger partial charge < -0.3 is 5.32 Å². The number of nitrogens with zero attached hydrogens (tertiary/aromatic N) is 3. The number of rotatable bonds is 4. The van der Waals surface area contributed by atoms with Crippen LogP contribution in [0.5, 0.6) is 0 Å². The fraction of sp³-hybridized carbons (Fsp3) is 0.143. The second kappa shape index (κ2) is 5.88. The maximum Gasteiger partial charge on any atom is 0.269 e. The molecule has 0 bridgehead atoms. The summed E-state index contributed by atoms with van der Waals surface area (Å²) in [5.74, 6) is 0.460. The van der Waals surface area contributed by atoms with Gasteiger partial charge >= 0.3 is 0 Å². The number of nitrogens with one attached hydrogen (secondary N) is 2. The van der Waals surface area contributed by atoms with Gasteiger partial charge in [-0.3, -0.25) is 9.89 Å². The Morgan fingerprint density at radius 2 is 2.19 bits per heavy atom. The number of H-pyrrole nitrogens is 1. The van der Waals surface area contributed by atoms with Crippen molar-refractivity contribution >= 4 is 28.4 Å². The molecule has 2 N–H and O–H groups in total. The zero-order chi connectivity index (χ0) is 14.7. The first-order chi connectivity index (χ1) is 10.2. The third-order valence-electron chi connectivity index (χ3n) is 3.01. The van der Waals surface area contributed by atoms with Gasteiger partial charge in [-0.15, -0.1) is 0 Å². The maximum absolute atomic E-state index is 12.1. The Balaban J connectivity index is 1.72. The number of amides is 1. The van der Waals surface area contributed by atoms with Gasteiger partial charge in [0.2, 0.25) is 0 Å². The highest BCUT2D eigenvalue weighted by Gasteiger charge is 2.10. The lowest BCUT2D eigenvalue weighted by molar-refractivity contribution is 0.0949. The van der Waals surface area contributed by atoms with E-state index in [4.69, 9.17) is 11.6 Å². The van der Waals surface area contributed by atoms with Crippen molar-refractivity contribution in [2.45, 2.75) is 6.42 Å². The predicted molar refractivity (Wildman–Crippen MR) is 79.2 cm³/mol. The topological polar surface area (TPSA) is 83.6 Å². The largest absolute Gasteiger partial charge is 0.350 e. The molecule has 21 heavy (non-hydrogen) atoms. The Morgan fingerprint density at radius 3 is 3.00 bits per heavy atom. The molecular formula is C14H12ClN5O. The minimum Gasteiger partial charge on any atom is -0.350 e. The van der Waals surface area contributed by atoms with Crippen LogP contribution in [0.1, 0.15) is 16.3 Å². The Morgan fingerprint density at radius 1 is 1.33 bits per heavy atom. The van der Waals surface area contributed by atoms with Crippen LogP contribution in [0.2, 0.25) is 5.02 Å². The van der Waals surface area contributed by atoms with Crippen molar-refractivity contribution in [1.82, 2.24) is 25.5 Å². The molecule has 0 saturated heterocycles. The van der Waals surface area contributed by atoms with Gasteiger partial charge in [-0.05, 0) is 12.1 Å². The summed E-state index contributed by atoms with van der Waals surface area (Å²) in [5.41, 5.74) is 1.00. The summed E-state index contributed by atoms with van der Waals surface area (Å²) in [6, 6.07) is 9.01. The summed E-state index contributed by atoms with van der Waals surface area (Å²) < 4.78 is 0. The van der Waals surface area contributed by atoms with E-state index in [-0.39, 0.29) is 5.91 Å². The summed E-state index contributed by atoms with van der Waals surface area (Å²) in [5, 5.41) is 10.6. The van der Waals surface area contributed by atoms with Gasteiger partial charge in [0.05, 0.1) is 10.5 Å². The molecule has 0 aliphatic rings. The number of para-hydroxylation sites is 1. The third-order valence-corrected chi connectivity index (χ3v) is 3.32. The van der Waals surface area contributed by atoms with Crippen molar-refractivity contribution < 1.29 is 4.79 Å². The van der Waals surface area contributed by atoms with E-state index in [0.717, 1.165) is 11.2 Å². The number of carbonyl (C=O) groups excluding carboxylic acids is 1. The molecule has 3 aromatic rings. The highest BCUT2D eigenvalue weighted by atomic mass is 35.5. The number of hydrogen-bond donors (Lipinski definition) is 2. The zero-order valence-corrected chi connectivity index (χ0v) is 11.8. The predicted octanol–water partition coefficient (Wildman–Crippen LogP) is 1.98. The normalized spacial score (nSPS) is 10.7. The molecule has 1 aromatic carbocycles. The summed E-state index contributed by atoms with van der Waals surface area (Å²) in [4.78, 5) is 20.4. The average Bonchev–Trinajstić information content (AvgIpc) is 3.00. The first-order valence-corrected chi connectivity index (χ1v) is 6.79. The molecule has 7 heteroatoms. The van der Waals surface area contributed by atoms with Crippen molar-refractivity contribution in [3.63, 3.8) is 0 Å². The third kappa shape index (κ3) is 3.00. The molecule has 0 saturated carbocycles. The highest BCUT2D eigenvalue weighted by Crippen LogP contribution is 2.22. The fourth-order valence-corrected chi connectivity index (χ4v) is 2.25. The van der Waals surface area contributed by atoms with Crippen LogP contribution in [0, 0.1) is 0 Å². The first kappa shape index (κ1) is 13.5. The lowest BCUT2D eigenvalue weighted by atomic mass is 10.2. The van der Waals surface area contributed by atoms with Gasteiger partial charge in [0.1, 0.15) is 17.8 Å². The summed E-state index contributed by atoms with van der Waals surface area (Å²) in [6.45, 7) is 0.445. The van der Waals surface area contributed by atoms with Crippen LogP contribution in [-0.2, 0) is 6.42 Å². The molecule has 2 aromatic heterocycles. The van der Waals surface area contributed by atoms with Gasteiger partial charge in [-0.1, -0.05) is 29.8 Å². The Hall–Kier alpha value is -2.47. The van der Waals surface area contributed by atoms with Crippen molar-refractivity contribution in [3.05, 3.63) is 53.2 Å². The lowest BCUT2D eigenvalue weighted by Crippen LogP contribution is -2.26. The quantitative estimate of drug-likeness (QED) is 0.772. The van der Waals surface area contributed by atoms with Gasteiger partial charge in [0.15, 0.2) is 0 Å². The lowest BCUT2D eigenvalue weighted by Gasteiger charge is -2.06. The molecular weight excluding hydrogens is 290 g/mol. The first-order valence-electron chi connectivity index (χ1n) is 6.42. The molecule has 0 radical (unpaired) electrons. The number of benzene rings is 1.